The number of amides is 1. The number of piperazine rings is 1. The van der Waals surface area contributed by atoms with Crippen LogP contribution in [-0.2, 0) is 16.1 Å². The Balaban J connectivity index is 1.80. The molecule has 1 aromatic carbocycles. The molecule has 1 saturated heterocycles. The molecule has 0 spiro atoms. The lowest BCUT2D eigenvalue weighted by Gasteiger charge is -2.36. The van der Waals surface area contributed by atoms with Gasteiger partial charge < -0.3 is 28.9 Å². The number of fused-ring (bicyclic) bond motifs is 1. The minimum atomic E-state index is -0.746. The number of carbonyl (C=O) groups is 2. The van der Waals surface area contributed by atoms with Crippen molar-refractivity contribution in [3.05, 3.63) is 39.4 Å². The van der Waals surface area contributed by atoms with E-state index in [1.165, 1.54) is 6.20 Å². The monoisotopic (exact) mass is 461 g/mol. The number of aliphatic hydroxyl groups is 1. The van der Waals surface area contributed by atoms with Gasteiger partial charge in [0.15, 0.2) is 0 Å². The van der Waals surface area contributed by atoms with Crippen LogP contribution < -0.4 is 10.3 Å². The highest BCUT2D eigenvalue weighted by molar-refractivity contribution is 5.96. The average molecular weight is 461 g/mol. The van der Waals surface area contributed by atoms with Gasteiger partial charge in [0.05, 0.1) is 31.0 Å². The van der Waals surface area contributed by atoms with Crippen LogP contribution in [-0.4, -0.2) is 66.0 Å². The van der Waals surface area contributed by atoms with Crippen molar-refractivity contribution in [3.63, 3.8) is 0 Å². The van der Waals surface area contributed by atoms with E-state index in [0.29, 0.717) is 37.3 Å². The number of nitrogens with zero attached hydrogens (tertiary/aromatic N) is 3. The Bertz CT molecular complexity index is 1140. The molecule has 2 fully saturated rings. The summed E-state index contributed by atoms with van der Waals surface area (Å²) in [6.07, 6.45) is 2.78. The molecule has 1 aliphatic carbocycles. The van der Waals surface area contributed by atoms with Crippen LogP contribution in [0, 0.1) is 5.82 Å². The summed E-state index contributed by atoms with van der Waals surface area (Å²) < 4.78 is 27.3. The third-order valence-corrected chi connectivity index (χ3v) is 6.06. The molecule has 178 valence electrons. The number of carbonyl (C=O) groups excluding carboxylic acids is 2. The number of hydrogen-bond donors (Lipinski definition) is 1. The first kappa shape index (κ1) is 23.0. The van der Waals surface area contributed by atoms with Gasteiger partial charge in [0.2, 0.25) is 5.43 Å². The topological polar surface area (TPSA) is 101 Å². The van der Waals surface area contributed by atoms with E-state index in [1.54, 1.807) is 28.2 Å². The maximum atomic E-state index is 15.4. The summed E-state index contributed by atoms with van der Waals surface area (Å²) in [6.45, 7) is 4.69. The summed E-state index contributed by atoms with van der Waals surface area (Å²) in [5, 5.41) is 10.3. The Kier molecular flexibility index (Phi) is 6.55. The van der Waals surface area contributed by atoms with Crippen molar-refractivity contribution < 1.29 is 28.6 Å². The fraction of sp³-hybridized carbons (Fsp3) is 0.522. The summed E-state index contributed by atoms with van der Waals surface area (Å²) >= 11 is 0. The molecular weight excluding hydrogens is 433 g/mol. The first-order chi connectivity index (χ1) is 15.9. The Labute approximate surface area is 190 Å². The van der Waals surface area contributed by atoms with E-state index in [2.05, 4.69) is 0 Å². The number of pyridine rings is 1. The Morgan fingerprint density at radius 2 is 1.79 bits per heavy atom. The number of ether oxygens (including phenoxy) is 2. The third-order valence-electron chi connectivity index (χ3n) is 6.06. The number of anilines is 1. The quantitative estimate of drug-likeness (QED) is 0.660. The van der Waals surface area contributed by atoms with Crippen molar-refractivity contribution in [1.29, 1.82) is 0 Å². The summed E-state index contributed by atoms with van der Waals surface area (Å²) in [5.41, 5.74) is 0.186. The van der Waals surface area contributed by atoms with E-state index in [9.17, 15) is 19.5 Å². The molecule has 1 N–H and O–H groups in total. The number of hydrogen-bond acceptors (Lipinski definition) is 7. The predicted octanol–water partition coefficient (Wildman–Crippen LogP) is 2.42. The van der Waals surface area contributed by atoms with Crippen molar-refractivity contribution in [2.24, 2.45) is 0 Å². The molecule has 2 heterocycles. The van der Waals surface area contributed by atoms with Gasteiger partial charge in [0.1, 0.15) is 11.4 Å². The summed E-state index contributed by atoms with van der Waals surface area (Å²) in [7, 11) is 0. The zero-order valence-electron chi connectivity index (χ0n) is 18.8. The molecule has 33 heavy (non-hydrogen) atoms. The molecule has 0 bridgehead atoms. The third kappa shape index (κ3) is 4.27. The van der Waals surface area contributed by atoms with Crippen LogP contribution in [0.5, 0.6) is 0 Å². The van der Waals surface area contributed by atoms with Gasteiger partial charge in [-0.1, -0.05) is 0 Å². The normalized spacial score (nSPS) is 16.2. The Hall–Kier alpha value is -3.14. The molecule has 1 aliphatic heterocycles. The molecule has 0 radical (unpaired) electrons. The molecule has 0 unspecified atom stereocenters. The van der Waals surface area contributed by atoms with Gasteiger partial charge in [0.25, 0.3) is 0 Å². The van der Waals surface area contributed by atoms with Crippen molar-refractivity contribution in [2.75, 3.05) is 44.3 Å². The molecule has 10 heteroatoms. The second-order valence-corrected chi connectivity index (χ2v) is 8.14. The highest BCUT2D eigenvalue weighted by Gasteiger charge is 2.32. The van der Waals surface area contributed by atoms with Gasteiger partial charge in [0, 0.05) is 49.4 Å². The van der Waals surface area contributed by atoms with E-state index in [4.69, 9.17) is 9.47 Å². The van der Waals surface area contributed by atoms with Crippen LogP contribution in [0.3, 0.4) is 0 Å². The predicted molar refractivity (Wildman–Crippen MR) is 119 cm³/mol. The van der Waals surface area contributed by atoms with Crippen LogP contribution in [0.25, 0.3) is 10.9 Å². The molecule has 1 aromatic heterocycles. The summed E-state index contributed by atoms with van der Waals surface area (Å²) in [6, 6.07) is 1.21. The van der Waals surface area contributed by atoms with Crippen molar-refractivity contribution >= 4 is 28.7 Å². The minimum absolute atomic E-state index is 0.0444. The molecule has 4 rings (SSSR count). The average Bonchev–Trinajstić information content (AvgIpc) is 3.64. The van der Waals surface area contributed by atoms with Gasteiger partial charge in [-0.3, -0.25) is 4.79 Å². The van der Waals surface area contributed by atoms with Crippen LogP contribution in [0.1, 0.15) is 48.7 Å². The van der Waals surface area contributed by atoms with Crippen molar-refractivity contribution in [2.45, 2.75) is 39.3 Å². The smallest absolute Gasteiger partial charge is 0.409 e. The van der Waals surface area contributed by atoms with Gasteiger partial charge in [-0.05, 0) is 32.8 Å². The van der Waals surface area contributed by atoms with Crippen molar-refractivity contribution in [1.82, 2.24) is 9.47 Å². The van der Waals surface area contributed by atoms with Gasteiger partial charge in [-0.15, -0.1) is 0 Å². The Morgan fingerprint density at radius 1 is 1.12 bits per heavy atom. The van der Waals surface area contributed by atoms with E-state index in [0.717, 1.165) is 18.9 Å². The fourth-order valence-corrected chi connectivity index (χ4v) is 4.37. The van der Waals surface area contributed by atoms with Gasteiger partial charge in [-0.25, -0.2) is 14.0 Å². The molecule has 1 saturated carbocycles. The maximum Gasteiger partial charge on any atom is 0.409 e. The van der Waals surface area contributed by atoms with Crippen molar-refractivity contribution in [3.8, 4) is 0 Å². The van der Waals surface area contributed by atoms with E-state index in [1.807, 2.05) is 0 Å². The lowest BCUT2D eigenvalue weighted by atomic mass is 10.0. The van der Waals surface area contributed by atoms with Crippen LogP contribution in [0.4, 0.5) is 14.9 Å². The molecule has 9 nitrogen and oxygen atoms in total. The van der Waals surface area contributed by atoms with Crippen LogP contribution in [0.2, 0.25) is 0 Å². The molecule has 2 aliphatic rings. The maximum absolute atomic E-state index is 15.4. The SMILES string of the molecule is CCOC(=O)c1cn(C2CC2)c2c(CO)c(N3CCN(C(=O)OCC)CC3)c(F)cc2c1=O. The number of benzene rings is 1. The number of aromatic nitrogens is 1. The first-order valence-electron chi connectivity index (χ1n) is 11.3. The van der Waals surface area contributed by atoms with E-state index in [-0.39, 0.29) is 35.9 Å². The summed E-state index contributed by atoms with van der Waals surface area (Å²) in [5.74, 6) is -1.40. The highest BCUT2D eigenvalue weighted by Crippen LogP contribution is 2.40. The van der Waals surface area contributed by atoms with Gasteiger partial charge in [-0.2, -0.15) is 0 Å². The summed E-state index contributed by atoms with van der Waals surface area (Å²) in [4.78, 5) is 40.8. The van der Waals surface area contributed by atoms with E-state index < -0.39 is 29.9 Å². The molecule has 1 amide bonds. The fourth-order valence-electron chi connectivity index (χ4n) is 4.37. The highest BCUT2D eigenvalue weighted by atomic mass is 19.1. The van der Waals surface area contributed by atoms with Crippen LogP contribution in [0.15, 0.2) is 17.1 Å². The zero-order chi connectivity index (χ0) is 23.7. The minimum Gasteiger partial charge on any atom is -0.462 e. The molecular formula is C23H28FN3O6. The molecule has 2 aromatic rings. The number of esters is 1. The molecule has 0 atom stereocenters. The second kappa shape index (κ2) is 9.38. The van der Waals surface area contributed by atoms with Crippen LogP contribution >= 0.6 is 0 Å². The largest absolute Gasteiger partial charge is 0.462 e. The number of aliphatic hydroxyl groups excluding tert-OH is 1. The van der Waals surface area contributed by atoms with E-state index >= 15 is 4.39 Å². The second-order valence-electron chi connectivity index (χ2n) is 8.14. The first-order valence-corrected chi connectivity index (χ1v) is 11.3. The number of halogens is 1. The van der Waals surface area contributed by atoms with Gasteiger partial charge >= 0.3 is 12.1 Å². The number of rotatable bonds is 6. The Morgan fingerprint density at radius 3 is 2.36 bits per heavy atom. The standard InChI is InChI=1S/C23H28FN3O6/c1-3-32-22(30)16-12-27(14-5-6-14)19-15(21(16)29)11-18(24)20(17(19)13-28)25-7-9-26(10-8-25)23(31)33-4-2/h11-12,14,28H,3-10,13H2,1-2H3. The lowest BCUT2D eigenvalue weighted by Crippen LogP contribution is -2.49. The lowest BCUT2D eigenvalue weighted by molar-refractivity contribution is 0.0524. The zero-order valence-corrected chi connectivity index (χ0v) is 18.8.